The van der Waals surface area contributed by atoms with Crippen LogP contribution in [0.3, 0.4) is 0 Å². The fraction of sp³-hybridized carbons (Fsp3) is 0. The van der Waals surface area contributed by atoms with Gasteiger partial charge >= 0.3 is 0 Å². The Balaban J connectivity index is 2.48. The molecule has 0 saturated carbocycles. The van der Waals surface area contributed by atoms with E-state index in [2.05, 4.69) is 9.97 Å². The zero-order valence-corrected chi connectivity index (χ0v) is 7.94. The second-order valence-corrected chi connectivity index (χ2v) is 3.20. The van der Waals surface area contributed by atoms with Crippen LogP contribution >= 0.6 is 11.6 Å². The minimum atomic E-state index is 0.0630. The number of aromatic hydroxyl groups is 1. The second-order valence-electron chi connectivity index (χ2n) is 2.79. The molecule has 0 aliphatic heterocycles. The highest BCUT2D eigenvalue weighted by Crippen LogP contribution is 2.28. The molecule has 1 aromatic heterocycles. The highest BCUT2D eigenvalue weighted by Gasteiger charge is 2.02. The molecule has 14 heavy (non-hydrogen) atoms. The molecule has 0 radical (unpaired) electrons. The molecule has 0 fully saturated rings. The lowest BCUT2D eigenvalue weighted by atomic mass is 10.1. The summed E-state index contributed by atoms with van der Waals surface area (Å²) in [6.07, 6.45) is 4.81. The monoisotopic (exact) mass is 206 g/mol. The van der Waals surface area contributed by atoms with Crippen LogP contribution < -0.4 is 0 Å². The van der Waals surface area contributed by atoms with Crippen molar-refractivity contribution < 1.29 is 5.11 Å². The average molecular weight is 207 g/mol. The van der Waals surface area contributed by atoms with Gasteiger partial charge in [0.15, 0.2) is 0 Å². The third kappa shape index (κ3) is 1.67. The number of phenols is 1. The molecule has 1 heterocycles. The zero-order valence-electron chi connectivity index (χ0n) is 7.18. The van der Waals surface area contributed by atoms with E-state index in [1.165, 1.54) is 6.33 Å². The highest BCUT2D eigenvalue weighted by molar-refractivity contribution is 6.32. The summed E-state index contributed by atoms with van der Waals surface area (Å²) in [5.74, 6) is 0.0630. The third-order valence-electron chi connectivity index (χ3n) is 1.84. The first kappa shape index (κ1) is 8.97. The first-order valence-corrected chi connectivity index (χ1v) is 4.39. The number of rotatable bonds is 1. The molecule has 0 aliphatic carbocycles. The van der Waals surface area contributed by atoms with Crippen LogP contribution in [0.5, 0.6) is 5.75 Å². The van der Waals surface area contributed by atoms with E-state index in [1.54, 1.807) is 30.6 Å². The SMILES string of the molecule is Oc1cc(-c2cncnc2)ccc1Cl. The molecular weight excluding hydrogens is 200 g/mol. The van der Waals surface area contributed by atoms with Gasteiger partial charge in [0.05, 0.1) is 5.02 Å². The summed E-state index contributed by atoms with van der Waals surface area (Å²) in [4.78, 5) is 7.77. The van der Waals surface area contributed by atoms with Crippen LogP contribution in [0.1, 0.15) is 0 Å². The van der Waals surface area contributed by atoms with Crippen LogP contribution in [0, 0.1) is 0 Å². The molecular formula is C10H7ClN2O. The molecule has 1 N–H and O–H groups in total. The van der Waals surface area contributed by atoms with Crippen LogP contribution in [0.4, 0.5) is 0 Å². The van der Waals surface area contributed by atoms with E-state index in [0.29, 0.717) is 5.02 Å². The molecule has 0 bridgehead atoms. The van der Waals surface area contributed by atoms with Gasteiger partial charge < -0.3 is 5.11 Å². The number of hydrogen-bond donors (Lipinski definition) is 1. The van der Waals surface area contributed by atoms with Crippen LogP contribution in [-0.4, -0.2) is 15.1 Å². The number of phenolic OH excluding ortho intramolecular Hbond substituents is 1. The summed E-state index contributed by atoms with van der Waals surface area (Å²) in [6.45, 7) is 0. The number of aromatic nitrogens is 2. The van der Waals surface area contributed by atoms with Crippen molar-refractivity contribution in [3.05, 3.63) is 41.9 Å². The van der Waals surface area contributed by atoms with Crippen molar-refractivity contribution in [3.8, 4) is 16.9 Å². The summed E-state index contributed by atoms with van der Waals surface area (Å²) in [5, 5.41) is 9.73. The maximum atomic E-state index is 9.39. The fourth-order valence-electron chi connectivity index (χ4n) is 1.14. The lowest BCUT2D eigenvalue weighted by Gasteiger charge is -2.01. The maximum Gasteiger partial charge on any atom is 0.134 e. The predicted octanol–water partition coefficient (Wildman–Crippen LogP) is 2.50. The normalized spacial score (nSPS) is 10.1. The Morgan fingerprint density at radius 1 is 1.07 bits per heavy atom. The second kappa shape index (κ2) is 3.64. The minimum Gasteiger partial charge on any atom is -0.506 e. The van der Waals surface area contributed by atoms with Crippen molar-refractivity contribution in [1.82, 2.24) is 9.97 Å². The average Bonchev–Trinajstić information content (AvgIpc) is 2.23. The number of nitrogens with zero attached hydrogens (tertiary/aromatic N) is 2. The molecule has 0 saturated heterocycles. The quantitative estimate of drug-likeness (QED) is 0.780. The van der Waals surface area contributed by atoms with E-state index < -0.39 is 0 Å². The van der Waals surface area contributed by atoms with Gasteiger partial charge in [0.1, 0.15) is 12.1 Å². The van der Waals surface area contributed by atoms with Crippen molar-refractivity contribution in [3.63, 3.8) is 0 Å². The van der Waals surface area contributed by atoms with Crippen molar-refractivity contribution in [2.75, 3.05) is 0 Å². The molecule has 2 aromatic rings. The van der Waals surface area contributed by atoms with E-state index >= 15 is 0 Å². The van der Waals surface area contributed by atoms with Crippen molar-refractivity contribution >= 4 is 11.6 Å². The summed E-state index contributed by atoms with van der Waals surface area (Å²) in [6, 6.07) is 5.03. The lowest BCUT2D eigenvalue weighted by Crippen LogP contribution is -1.81. The van der Waals surface area contributed by atoms with Gasteiger partial charge in [0.25, 0.3) is 0 Å². The topological polar surface area (TPSA) is 46.0 Å². The van der Waals surface area contributed by atoms with Gasteiger partial charge in [-0.2, -0.15) is 0 Å². The highest BCUT2D eigenvalue weighted by atomic mass is 35.5. The largest absolute Gasteiger partial charge is 0.506 e. The fourth-order valence-corrected chi connectivity index (χ4v) is 1.26. The Bertz CT molecular complexity index is 445. The molecule has 1 aromatic carbocycles. The van der Waals surface area contributed by atoms with Crippen molar-refractivity contribution in [2.24, 2.45) is 0 Å². The molecule has 70 valence electrons. The van der Waals surface area contributed by atoms with E-state index in [4.69, 9.17) is 11.6 Å². The Morgan fingerprint density at radius 2 is 1.79 bits per heavy atom. The van der Waals surface area contributed by atoms with E-state index in [-0.39, 0.29) is 5.75 Å². The number of hydrogen-bond acceptors (Lipinski definition) is 3. The Morgan fingerprint density at radius 3 is 2.43 bits per heavy atom. The molecule has 0 aliphatic rings. The Labute approximate surface area is 86.0 Å². The maximum absolute atomic E-state index is 9.39. The van der Waals surface area contributed by atoms with Gasteiger partial charge in [0, 0.05) is 18.0 Å². The van der Waals surface area contributed by atoms with Crippen LogP contribution in [0.2, 0.25) is 5.02 Å². The minimum absolute atomic E-state index is 0.0630. The number of benzene rings is 1. The molecule has 0 amide bonds. The Kier molecular flexibility index (Phi) is 2.33. The molecule has 3 nitrogen and oxygen atoms in total. The summed E-state index contributed by atoms with van der Waals surface area (Å²) >= 11 is 5.69. The van der Waals surface area contributed by atoms with Gasteiger partial charge in [-0.25, -0.2) is 9.97 Å². The molecule has 0 unspecified atom stereocenters. The van der Waals surface area contributed by atoms with Gasteiger partial charge in [-0.15, -0.1) is 0 Å². The van der Waals surface area contributed by atoms with Crippen LogP contribution in [0.25, 0.3) is 11.1 Å². The van der Waals surface area contributed by atoms with Gasteiger partial charge in [-0.1, -0.05) is 17.7 Å². The zero-order chi connectivity index (χ0) is 9.97. The molecule has 0 atom stereocenters. The third-order valence-corrected chi connectivity index (χ3v) is 2.16. The van der Waals surface area contributed by atoms with Gasteiger partial charge in [0.2, 0.25) is 0 Å². The number of halogens is 1. The lowest BCUT2D eigenvalue weighted by molar-refractivity contribution is 0.476. The van der Waals surface area contributed by atoms with E-state index in [0.717, 1.165) is 11.1 Å². The first-order valence-electron chi connectivity index (χ1n) is 4.01. The van der Waals surface area contributed by atoms with Crippen molar-refractivity contribution in [2.45, 2.75) is 0 Å². The Hall–Kier alpha value is -1.61. The summed E-state index contributed by atoms with van der Waals surface area (Å²) < 4.78 is 0. The van der Waals surface area contributed by atoms with Crippen LogP contribution in [0.15, 0.2) is 36.9 Å². The van der Waals surface area contributed by atoms with Crippen molar-refractivity contribution in [1.29, 1.82) is 0 Å². The molecule has 0 spiro atoms. The summed E-state index contributed by atoms with van der Waals surface area (Å²) in [5.41, 5.74) is 1.69. The first-order chi connectivity index (χ1) is 6.77. The van der Waals surface area contributed by atoms with Gasteiger partial charge in [-0.05, 0) is 17.7 Å². The van der Waals surface area contributed by atoms with Gasteiger partial charge in [-0.3, -0.25) is 0 Å². The van der Waals surface area contributed by atoms with Crippen LogP contribution in [-0.2, 0) is 0 Å². The predicted molar refractivity (Wildman–Crippen MR) is 54.1 cm³/mol. The standard InChI is InChI=1S/C10H7ClN2O/c11-9-2-1-7(3-10(9)14)8-4-12-6-13-5-8/h1-6,14H. The smallest absolute Gasteiger partial charge is 0.134 e. The van der Waals surface area contributed by atoms with E-state index in [9.17, 15) is 5.11 Å². The molecule has 2 rings (SSSR count). The summed E-state index contributed by atoms with van der Waals surface area (Å²) in [7, 11) is 0. The van der Waals surface area contributed by atoms with E-state index in [1.807, 2.05) is 0 Å². The molecule has 4 heteroatoms.